The first-order valence-corrected chi connectivity index (χ1v) is 5.40. The van der Waals surface area contributed by atoms with Gasteiger partial charge in [0.25, 0.3) is 0 Å². The van der Waals surface area contributed by atoms with Crippen molar-refractivity contribution in [3.63, 3.8) is 0 Å². The van der Waals surface area contributed by atoms with Crippen LogP contribution in [0.5, 0.6) is 5.75 Å². The second-order valence-corrected chi connectivity index (χ2v) is 3.64. The molecule has 0 aliphatic rings. The fourth-order valence-electron chi connectivity index (χ4n) is 1.28. The molecule has 0 saturated carbocycles. The van der Waals surface area contributed by atoms with E-state index < -0.39 is 18.4 Å². The first-order valence-electron chi connectivity index (χ1n) is 5.02. The average Bonchev–Trinajstić information content (AvgIpc) is 2.25. The Morgan fingerprint density at radius 1 is 1.44 bits per heavy atom. The summed E-state index contributed by atoms with van der Waals surface area (Å²) in [7, 11) is 0. The molecule has 18 heavy (non-hydrogen) atoms. The van der Waals surface area contributed by atoms with Gasteiger partial charge >= 0.3 is 12.6 Å². The Hall–Kier alpha value is -1.43. The molecule has 0 saturated heterocycles. The third-order valence-corrected chi connectivity index (χ3v) is 2.25. The summed E-state index contributed by atoms with van der Waals surface area (Å²) in [6, 6.07) is 1.77. The SMILES string of the molecule is CCOC(=O)Cc1cc(F)c(Cl)cc1OC(F)F. The Morgan fingerprint density at radius 2 is 2.11 bits per heavy atom. The Labute approximate surface area is 106 Å². The van der Waals surface area contributed by atoms with Crippen LogP contribution in [0.1, 0.15) is 12.5 Å². The lowest BCUT2D eigenvalue weighted by Crippen LogP contribution is -2.11. The fraction of sp³-hybridized carbons (Fsp3) is 0.364. The summed E-state index contributed by atoms with van der Waals surface area (Å²) >= 11 is 5.45. The van der Waals surface area contributed by atoms with E-state index in [1.54, 1.807) is 6.92 Å². The number of carbonyl (C=O) groups excluding carboxylic acids is 1. The molecule has 0 N–H and O–H groups in total. The zero-order chi connectivity index (χ0) is 13.7. The molecule has 0 bridgehead atoms. The highest BCUT2D eigenvalue weighted by molar-refractivity contribution is 6.30. The molecule has 0 amide bonds. The Kier molecular flexibility index (Phi) is 5.27. The highest BCUT2D eigenvalue weighted by atomic mass is 35.5. The zero-order valence-corrected chi connectivity index (χ0v) is 10.1. The van der Waals surface area contributed by atoms with Crippen molar-refractivity contribution in [3.8, 4) is 5.75 Å². The van der Waals surface area contributed by atoms with Crippen molar-refractivity contribution in [3.05, 3.63) is 28.5 Å². The van der Waals surface area contributed by atoms with E-state index in [0.29, 0.717) is 0 Å². The molecule has 7 heteroatoms. The van der Waals surface area contributed by atoms with Gasteiger partial charge in [-0.1, -0.05) is 11.6 Å². The Morgan fingerprint density at radius 3 is 2.67 bits per heavy atom. The van der Waals surface area contributed by atoms with E-state index in [0.717, 1.165) is 12.1 Å². The fourth-order valence-corrected chi connectivity index (χ4v) is 1.43. The van der Waals surface area contributed by atoms with Gasteiger partial charge in [0, 0.05) is 11.6 Å². The second kappa shape index (κ2) is 6.49. The first kappa shape index (κ1) is 14.6. The molecule has 3 nitrogen and oxygen atoms in total. The minimum Gasteiger partial charge on any atom is -0.466 e. The summed E-state index contributed by atoms with van der Waals surface area (Å²) in [5.74, 6) is -1.83. The zero-order valence-electron chi connectivity index (χ0n) is 9.38. The molecule has 0 aliphatic carbocycles. The number of hydrogen-bond acceptors (Lipinski definition) is 3. The lowest BCUT2D eigenvalue weighted by Gasteiger charge is -2.11. The Balaban J connectivity index is 2.99. The maximum atomic E-state index is 13.2. The van der Waals surface area contributed by atoms with E-state index >= 15 is 0 Å². The van der Waals surface area contributed by atoms with Crippen LogP contribution in [0, 0.1) is 5.82 Å². The van der Waals surface area contributed by atoms with Crippen molar-refractivity contribution in [1.29, 1.82) is 0 Å². The Bertz CT molecular complexity index is 438. The molecule has 0 fully saturated rings. The smallest absolute Gasteiger partial charge is 0.387 e. The van der Waals surface area contributed by atoms with Crippen molar-refractivity contribution in [1.82, 2.24) is 0 Å². The van der Waals surface area contributed by atoms with Gasteiger partial charge in [-0.2, -0.15) is 8.78 Å². The van der Waals surface area contributed by atoms with Crippen LogP contribution in [0.4, 0.5) is 13.2 Å². The molecule has 1 aromatic rings. The van der Waals surface area contributed by atoms with Gasteiger partial charge in [0.05, 0.1) is 18.1 Å². The van der Waals surface area contributed by atoms with E-state index in [2.05, 4.69) is 9.47 Å². The molecular weight excluding hydrogens is 273 g/mol. The number of benzene rings is 1. The van der Waals surface area contributed by atoms with Gasteiger partial charge in [0.15, 0.2) is 0 Å². The number of carbonyl (C=O) groups is 1. The van der Waals surface area contributed by atoms with Gasteiger partial charge in [-0.05, 0) is 13.0 Å². The average molecular weight is 283 g/mol. The van der Waals surface area contributed by atoms with E-state index in [4.69, 9.17) is 11.6 Å². The number of alkyl halides is 2. The van der Waals surface area contributed by atoms with E-state index in [-0.39, 0.29) is 29.4 Å². The van der Waals surface area contributed by atoms with Crippen molar-refractivity contribution >= 4 is 17.6 Å². The molecule has 0 aromatic heterocycles. The van der Waals surface area contributed by atoms with Crippen LogP contribution in [-0.4, -0.2) is 19.2 Å². The van der Waals surface area contributed by atoms with Gasteiger partial charge in [-0.25, -0.2) is 4.39 Å². The van der Waals surface area contributed by atoms with Crippen LogP contribution in [0.15, 0.2) is 12.1 Å². The molecule has 0 aliphatic heterocycles. The monoisotopic (exact) mass is 282 g/mol. The first-order chi connectivity index (χ1) is 8.43. The quantitative estimate of drug-likeness (QED) is 0.778. The van der Waals surface area contributed by atoms with Crippen molar-refractivity contribution in [2.45, 2.75) is 20.0 Å². The summed E-state index contributed by atoms with van der Waals surface area (Å²) in [5, 5.41) is -0.363. The van der Waals surface area contributed by atoms with Gasteiger partial charge in [0.1, 0.15) is 11.6 Å². The van der Waals surface area contributed by atoms with Gasteiger partial charge in [-0.15, -0.1) is 0 Å². The highest BCUT2D eigenvalue weighted by Crippen LogP contribution is 2.28. The maximum absolute atomic E-state index is 13.2. The molecule has 0 spiro atoms. The predicted molar refractivity (Wildman–Crippen MR) is 58.4 cm³/mol. The molecular formula is C11H10ClF3O3. The van der Waals surface area contributed by atoms with Crippen molar-refractivity contribution < 1.29 is 27.4 Å². The number of halogens is 4. The number of ether oxygens (including phenoxy) is 2. The van der Waals surface area contributed by atoms with Crippen LogP contribution in [0.25, 0.3) is 0 Å². The third kappa shape index (κ3) is 4.10. The minimum atomic E-state index is -3.09. The summed E-state index contributed by atoms with van der Waals surface area (Å²) in [6.45, 7) is -1.36. The molecule has 0 radical (unpaired) electrons. The van der Waals surface area contributed by atoms with Crippen molar-refractivity contribution in [2.24, 2.45) is 0 Å². The molecule has 0 heterocycles. The van der Waals surface area contributed by atoms with Crippen LogP contribution in [0.2, 0.25) is 5.02 Å². The summed E-state index contributed by atoms with van der Waals surface area (Å²) in [4.78, 5) is 11.2. The summed E-state index contributed by atoms with van der Waals surface area (Å²) < 4.78 is 46.3. The van der Waals surface area contributed by atoms with E-state index in [1.165, 1.54) is 0 Å². The number of esters is 1. The van der Waals surface area contributed by atoms with E-state index in [9.17, 15) is 18.0 Å². The largest absolute Gasteiger partial charge is 0.466 e. The standard InChI is InChI=1S/C11H10ClF3O3/c1-2-17-10(16)4-6-3-8(13)7(12)5-9(6)18-11(14)15/h3,5,11H,2,4H2,1H3. The lowest BCUT2D eigenvalue weighted by atomic mass is 10.1. The van der Waals surface area contributed by atoms with E-state index in [1.807, 2.05) is 0 Å². The van der Waals surface area contributed by atoms with Crippen LogP contribution in [-0.2, 0) is 16.0 Å². The molecule has 1 rings (SSSR count). The number of rotatable bonds is 5. The normalized spacial score (nSPS) is 10.6. The third-order valence-electron chi connectivity index (χ3n) is 1.96. The van der Waals surface area contributed by atoms with Crippen LogP contribution < -0.4 is 4.74 Å². The summed E-state index contributed by atoms with van der Waals surface area (Å²) in [5.41, 5.74) is -0.0457. The molecule has 1 aromatic carbocycles. The lowest BCUT2D eigenvalue weighted by molar-refractivity contribution is -0.142. The molecule has 100 valence electrons. The van der Waals surface area contributed by atoms with Crippen LogP contribution in [0.3, 0.4) is 0 Å². The summed E-state index contributed by atoms with van der Waals surface area (Å²) in [6.07, 6.45) is -0.371. The molecule has 0 unspecified atom stereocenters. The van der Waals surface area contributed by atoms with Crippen LogP contribution >= 0.6 is 11.6 Å². The predicted octanol–water partition coefficient (Wildman–Crippen LogP) is 3.19. The maximum Gasteiger partial charge on any atom is 0.387 e. The minimum absolute atomic E-state index is 0.0457. The van der Waals surface area contributed by atoms with Gasteiger partial charge in [0.2, 0.25) is 0 Å². The van der Waals surface area contributed by atoms with Crippen molar-refractivity contribution in [2.75, 3.05) is 6.61 Å². The topological polar surface area (TPSA) is 35.5 Å². The van der Waals surface area contributed by atoms with Gasteiger partial charge < -0.3 is 9.47 Å². The highest BCUT2D eigenvalue weighted by Gasteiger charge is 2.16. The molecule has 0 atom stereocenters. The second-order valence-electron chi connectivity index (χ2n) is 3.23. The van der Waals surface area contributed by atoms with Gasteiger partial charge in [-0.3, -0.25) is 4.79 Å². The number of hydrogen-bond donors (Lipinski definition) is 0.